The zero-order chi connectivity index (χ0) is 14.4. The molecular formula is C17H17ClN2. The molecule has 2 nitrogen and oxygen atoms in total. The molecule has 0 heterocycles. The van der Waals surface area contributed by atoms with Gasteiger partial charge in [0, 0.05) is 6.04 Å². The van der Waals surface area contributed by atoms with Crippen molar-refractivity contribution in [3.63, 3.8) is 0 Å². The normalized spacial score (nSPS) is 11.7. The van der Waals surface area contributed by atoms with E-state index in [1.54, 1.807) is 12.1 Å². The molecule has 0 amide bonds. The van der Waals surface area contributed by atoms with Crippen LogP contribution in [0.3, 0.4) is 0 Å². The van der Waals surface area contributed by atoms with Crippen LogP contribution in [0, 0.1) is 11.3 Å². The molecule has 1 unspecified atom stereocenters. The fourth-order valence-corrected chi connectivity index (χ4v) is 2.30. The van der Waals surface area contributed by atoms with Crippen LogP contribution in [0.25, 0.3) is 0 Å². The molecule has 0 bridgehead atoms. The third kappa shape index (κ3) is 4.01. The number of aryl methyl sites for hydroxylation is 1. The maximum absolute atomic E-state index is 8.82. The van der Waals surface area contributed by atoms with E-state index in [-0.39, 0.29) is 0 Å². The summed E-state index contributed by atoms with van der Waals surface area (Å²) in [5.41, 5.74) is 2.80. The summed E-state index contributed by atoms with van der Waals surface area (Å²) in [5.74, 6) is 0. The first-order valence-electron chi connectivity index (χ1n) is 6.69. The molecule has 0 aromatic heterocycles. The molecule has 0 radical (unpaired) electrons. The van der Waals surface area contributed by atoms with Crippen LogP contribution in [0.2, 0.25) is 5.02 Å². The van der Waals surface area contributed by atoms with Gasteiger partial charge in [0.25, 0.3) is 0 Å². The Kier molecular flexibility index (Phi) is 5.03. The number of nitrogens with zero attached hydrogens (tertiary/aromatic N) is 1. The highest BCUT2D eigenvalue weighted by molar-refractivity contribution is 6.33. The zero-order valence-corrected chi connectivity index (χ0v) is 12.2. The minimum absolute atomic E-state index is 0.320. The summed E-state index contributed by atoms with van der Waals surface area (Å²) in [4.78, 5) is 0. The zero-order valence-electron chi connectivity index (χ0n) is 11.4. The lowest BCUT2D eigenvalue weighted by atomic mass is 10.1. The lowest BCUT2D eigenvalue weighted by molar-refractivity contribution is 0.706. The molecule has 3 heteroatoms. The first-order valence-corrected chi connectivity index (χ1v) is 7.07. The van der Waals surface area contributed by atoms with Gasteiger partial charge in [-0.2, -0.15) is 5.26 Å². The van der Waals surface area contributed by atoms with Gasteiger partial charge in [-0.3, -0.25) is 0 Å². The number of rotatable bonds is 5. The number of nitrogens with one attached hydrogen (secondary N) is 1. The molecule has 0 aliphatic rings. The lowest BCUT2D eigenvalue weighted by Crippen LogP contribution is -2.16. The fourth-order valence-electron chi connectivity index (χ4n) is 2.07. The molecule has 0 saturated heterocycles. The second kappa shape index (κ2) is 6.98. The highest BCUT2D eigenvalue weighted by Crippen LogP contribution is 2.24. The van der Waals surface area contributed by atoms with Crippen LogP contribution < -0.4 is 5.32 Å². The van der Waals surface area contributed by atoms with Crippen molar-refractivity contribution in [2.45, 2.75) is 25.8 Å². The maximum Gasteiger partial charge on any atom is 0.0992 e. The van der Waals surface area contributed by atoms with Crippen LogP contribution >= 0.6 is 11.6 Å². The van der Waals surface area contributed by atoms with Crippen LogP contribution in [0.5, 0.6) is 0 Å². The third-order valence-electron chi connectivity index (χ3n) is 3.21. The smallest absolute Gasteiger partial charge is 0.0992 e. The van der Waals surface area contributed by atoms with E-state index in [0.717, 1.165) is 18.5 Å². The summed E-state index contributed by atoms with van der Waals surface area (Å²) < 4.78 is 0. The molecule has 2 rings (SSSR count). The predicted octanol–water partition coefficient (Wildman–Crippen LogP) is 4.64. The summed E-state index contributed by atoms with van der Waals surface area (Å²) in [6, 6.07) is 18.2. The van der Waals surface area contributed by atoms with Crippen molar-refractivity contribution in [3.8, 4) is 6.07 Å². The van der Waals surface area contributed by atoms with E-state index in [2.05, 4.69) is 42.6 Å². The van der Waals surface area contributed by atoms with E-state index in [9.17, 15) is 0 Å². The van der Waals surface area contributed by atoms with E-state index in [1.807, 2.05) is 12.1 Å². The van der Waals surface area contributed by atoms with Crippen LogP contribution in [-0.4, -0.2) is 6.04 Å². The summed E-state index contributed by atoms with van der Waals surface area (Å²) >= 11 is 6.16. The average molecular weight is 285 g/mol. The van der Waals surface area contributed by atoms with Crippen molar-refractivity contribution >= 4 is 17.3 Å². The third-order valence-corrected chi connectivity index (χ3v) is 3.52. The number of benzene rings is 2. The van der Waals surface area contributed by atoms with Crippen LogP contribution in [0.4, 0.5) is 5.69 Å². The number of nitriles is 1. The van der Waals surface area contributed by atoms with E-state index in [1.165, 1.54) is 5.56 Å². The van der Waals surface area contributed by atoms with Gasteiger partial charge in [-0.05, 0) is 43.5 Å². The van der Waals surface area contributed by atoms with Crippen LogP contribution in [-0.2, 0) is 6.42 Å². The Morgan fingerprint density at radius 1 is 1.20 bits per heavy atom. The Morgan fingerprint density at radius 2 is 1.95 bits per heavy atom. The Labute approximate surface area is 125 Å². The Bertz CT molecular complexity index is 602. The molecule has 0 aliphatic carbocycles. The van der Waals surface area contributed by atoms with Crippen molar-refractivity contribution in [2.24, 2.45) is 0 Å². The van der Waals surface area contributed by atoms with Crippen LogP contribution in [0.15, 0.2) is 48.5 Å². The number of anilines is 1. The quantitative estimate of drug-likeness (QED) is 0.868. The standard InChI is InChI=1S/C17H17ClN2/c1-13(7-8-14-5-3-2-4-6-14)20-17-10-9-15(12-19)11-16(17)18/h2-6,9-11,13,20H,7-8H2,1H3. The molecule has 20 heavy (non-hydrogen) atoms. The second-order valence-corrected chi connectivity index (χ2v) is 5.28. The number of halogens is 1. The van der Waals surface area contributed by atoms with Crippen LogP contribution in [0.1, 0.15) is 24.5 Å². The molecule has 2 aromatic rings. The monoisotopic (exact) mass is 284 g/mol. The summed E-state index contributed by atoms with van der Waals surface area (Å²) in [5, 5.41) is 12.8. The Balaban J connectivity index is 1.91. The van der Waals surface area contributed by atoms with Gasteiger partial charge in [-0.25, -0.2) is 0 Å². The minimum atomic E-state index is 0.320. The van der Waals surface area contributed by atoms with E-state index in [0.29, 0.717) is 16.6 Å². The van der Waals surface area contributed by atoms with Crippen molar-refractivity contribution in [2.75, 3.05) is 5.32 Å². The van der Waals surface area contributed by atoms with Crippen molar-refractivity contribution < 1.29 is 0 Å². The molecule has 1 N–H and O–H groups in total. The number of hydrogen-bond acceptors (Lipinski definition) is 2. The molecule has 0 aliphatic heterocycles. The van der Waals surface area contributed by atoms with Crippen molar-refractivity contribution in [3.05, 3.63) is 64.7 Å². The Morgan fingerprint density at radius 3 is 2.60 bits per heavy atom. The van der Waals surface area contributed by atoms with Gasteiger partial charge in [0.2, 0.25) is 0 Å². The van der Waals surface area contributed by atoms with Gasteiger partial charge in [0.15, 0.2) is 0 Å². The molecule has 102 valence electrons. The summed E-state index contributed by atoms with van der Waals surface area (Å²) in [6.45, 7) is 2.14. The van der Waals surface area contributed by atoms with Gasteiger partial charge in [0.1, 0.15) is 0 Å². The largest absolute Gasteiger partial charge is 0.381 e. The molecular weight excluding hydrogens is 268 g/mol. The number of hydrogen-bond donors (Lipinski definition) is 1. The average Bonchev–Trinajstić information content (AvgIpc) is 2.48. The Hall–Kier alpha value is -1.98. The van der Waals surface area contributed by atoms with Gasteiger partial charge >= 0.3 is 0 Å². The minimum Gasteiger partial charge on any atom is -0.381 e. The van der Waals surface area contributed by atoms with Gasteiger partial charge in [-0.1, -0.05) is 41.9 Å². The lowest BCUT2D eigenvalue weighted by Gasteiger charge is -2.16. The summed E-state index contributed by atoms with van der Waals surface area (Å²) in [7, 11) is 0. The van der Waals surface area contributed by atoms with Gasteiger partial charge < -0.3 is 5.32 Å². The highest BCUT2D eigenvalue weighted by atomic mass is 35.5. The fraction of sp³-hybridized carbons (Fsp3) is 0.235. The SMILES string of the molecule is CC(CCc1ccccc1)Nc1ccc(C#N)cc1Cl. The van der Waals surface area contributed by atoms with E-state index >= 15 is 0 Å². The van der Waals surface area contributed by atoms with Gasteiger partial charge in [0.05, 0.1) is 22.3 Å². The maximum atomic E-state index is 8.82. The first-order chi connectivity index (χ1) is 9.69. The highest BCUT2D eigenvalue weighted by Gasteiger charge is 2.06. The van der Waals surface area contributed by atoms with Gasteiger partial charge in [-0.15, -0.1) is 0 Å². The predicted molar refractivity (Wildman–Crippen MR) is 84.0 cm³/mol. The van der Waals surface area contributed by atoms with E-state index < -0.39 is 0 Å². The molecule has 2 aromatic carbocycles. The molecule has 1 atom stereocenters. The van der Waals surface area contributed by atoms with Crippen molar-refractivity contribution in [1.82, 2.24) is 0 Å². The molecule has 0 fully saturated rings. The summed E-state index contributed by atoms with van der Waals surface area (Å²) in [6.07, 6.45) is 2.06. The van der Waals surface area contributed by atoms with Crippen molar-refractivity contribution in [1.29, 1.82) is 5.26 Å². The van der Waals surface area contributed by atoms with E-state index in [4.69, 9.17) is 16.9 Å². The second-order valence-electron chi connectivity index (χ2n) is 4.88. The molecule has 0 spiro atoms. The topological polar surface area (TPSA) is 35.8 Å². The first kappa shape index (κ1) is 14.4. The molecule has 0 saturated carbocycles.